The highest BCUT2D eigenvalue weighted by Crippen LogP contribution is 2.19. The van der Waals surface area contributed by atoms with Crippen molar-refractivity contribution in [3.8, 4) is 0 Å². The number of hydrogen-bond acceptors (Lipinski definition) is 4. The molecule has 0 aliphatic carbocycles. The van der Waals surface area contributed by atoms with E-state index in [9.17, 15) is 19.2 Å². The van der Waals surface area contributed by atoms with Gasteiger partial charge in [0.15, 0.2) is 0 Å². The van der Waals surface area contributed by atoms with Crippen LogP contribution >= 0.6 is 15.9 Å². The summed E-state index contributed by atoms with van der Waals surface area (Å²) >= 11 is 3.04. The van der Waals surface area contributed by atoms with E-state index in [0.717, 1.165) is 10.3 Å². The van der Waals surface area contributed by atoms with Crippen LogP contribution in [0.3, 0.4) is 0 Å². The van der Waals surface area contributed by atoms with Gasteiger partial charge >= 0.3 is 5.69 Å². The Kier molecular flexibility index (Phi) is 5.90. The van der Waals surface area contributed by atoms with Gasteiger partial charge in [-0.15, -0.1) is 0 Å². The van der Waals surface area contributed by atoms with Gasteiger partial charge in [-0.3, -0.25) is 23.9 Å². The molecule has 1 saturated heterocycles. The summed E-state index contributed by atoms with van der Waals surface area (Å²) in [5.41, 5.74) is -0.411. The number of halogens is 1. The lowest BCUT2D eigenvalue weighted by molar-refractivity contribution is -0.135. The van der Waals surface area contributed by atoms with Crippen molar-refractivity contribution in [1.82, 2.24) is 14.5 Å². The Balaban J connectivity index is 1.55. The van der Waals surface area contributed by atoms with Gasteiger partial charge < -0.3 is 10.2 Å². The molecule has 2 amide bonds. The number of benzene rings is 1. The lowest BCUT2D eigenvalue weighted by Crippen LogP contribution is -2.44. The maximum absolute atomic E-state index is 12.4. The van der Waals surface area contributed by atoms with Crippen molar-refractivity contribution in [3.63, 3.8) is 0 Å². The van der Waals surface area contributed by atoms with Gasteiger partial charge in [0, 0.05) is 30.9 Å². The fourth-order valence-electron chi connectivity index (χ4n) is 3.00. The van der Waals surface area contributed by atoms with E-state index in [1.165, 1.54) is 6.20 Å². The third kappa shape index (κ3) is 4.73. The average molecular weight is 435 g/mol. The highest BCUT2D eigenvalue weighted by Gasteiger charge is 2.27. The summed E-state index contributed by atoms with van der Waals surface area (Å²) in [6, 6.07) is 9.25. The zero-order valence-electron chi connectivity index (χ0n) is 14.5. The van der Waals surface area contributed by atoms with Gasteiger partial charge in [-0.1, -0.05) is 18.2 Å². The molecule has 1 aromatic carbocycles. The van der Waals surface area contributed by atoms with Crippen molar-refractivity contribution in [2.75, 3.05) is 18.4 Å². The highest BCUT2D eigenvalue weighted by atomic mass is 79.9. The second-order valence-corrected chi connectivity index (χ2v) is 7.23. The van der Waals surface area contributed by atoms with Crippen LogP contribution < -0.4 is 16.6 Å². The maximum Gasteiger partial charge on any atom is 0.328 e. The lowest BCUT2D eigenvalue weighted by Gasteiger charge is -2.31. The zero-order valence-corrected chi connectivity index (χ0v) is 16.1. The van der Waals surface area contributed by atoms with E-state index in [1.54, 1.807) is 4.90 Å². The van der Waals surface area contributed by atoms with Crippen molar-refractivity contribution in [3.05, 3.63) is 61.8 Å². The van der Waals surface area contributed by atoms with Crippen LogP contribution in [0.15, 0.2) is 50.6 Å². The number of nitrogens with zero attached hydrogens (tertiary/aromatic N) is 2. The van der Waals surface area contributed by atoms with Crippen LogP contribution in [0.4, 0.5) is 5.69 Å². The van der Waals surface area contributed by atoms with Crippen LogP contribution in [-0.2, 0) is 16.1 Å². The predicted octanol–water partition coefficient (Wildman–Crippen LogP) is 1.18. The van der Waals surface area contributed by atoms with E-state index in [1.807, 2.05) is 30.3 Å². The van der Waals surface area contributed by atoms with Crippen LogP contribution in [0.5, 0.6) is 0 Å². The number of carbonyl (C=O) groups excluding carboxylic acids is 2. The molecule has 1 fully saturated rings. The molecule has 0 radical (unpaired) electrons. The monoisotopic (exact) mass is 434 g/mol. The van der Waals surface area contributed by atoms with Crippen LogP contribution in [0, 0.1) is 5.92 Å². The van der Waals surface area contributed by atoms with Gasteiger partial charge in [-0.25, -0.2) is 4.79 Å². The molecule has 3 rings (SSSR count). The molecule has 0 atom stereocenters. The summed E-state index contributed by atoms with van der Waals surface area (Å²) in [4.78, 5) is 51.7. The first-order valence-corrected chi connectivity index (χ1v) is 9.36. The van der Waals surface area contributed by atoms with Gasteiger partial charge in [-0.2, -0.15) is 0 Å². The Morgan fingerprint density at radius 3 is 2.48 bits per heavy atom. The third-order valence-corrected chi connectivity index (χ3v) is 5.10. The van der Waals surface area contributed by atoms with Crippen molar-refractivity contribution in [2.45, 2.75) is 19.4 Å². The van der Waals surface area contributed by atoms with Crippen LogP contribution in [0.1, 0.15) is 12.8 Å². The molecule has 1 aliphatic rings. The van der Waals surface area contributed by atoms with Gasteiger partial charge in [0.05, 0.1) is 4.47 Å². The SMILES string of the molecule is O=C(Nc1ccccc1)C1CCN(C(=O)Cn2cc(Br)c(=O)[nH]c2=O)CC1. The quantitative estimate of drug-likeness (QED) is 0.753. The number of amides is 2. The molecule has 1 aromatic heterocycles. The largest absolute Gasteiger partial charge is 0.341 e. The topological polar surface area (TPSA) is 104 Å². The number of likely N-dealkylation sites (tertiary alicyclic amines) is 1. The number of rotatable bonds is 4. The normalized spacial score (nSPS) is 14.8. The van der Waals surface area contributed by atoms with E-state index in [-0.39, 0.29) is 28.7 Å². The molecule has 142 valence electrons. The summed E-state index contributed by atoms with van der Waals surface area (Å²) in [7, 11) is 0. The molecular formula is C18H19BrN4O4. The van der Waals surface area contributed by atoms with E-state index in [0.29, 0.717) is 25.9 Å². The van der Waals surface area contributed by atoms with Gasteiger partial charge in [0.25, 0.3) is 5.56 Å². The van der Waals surface area contributed by atoms with Gasteiger partial charge in [-0.05, 0) is 40.9 Å². The second-order valence-electron chi connectivity index (χ2n) is 6.37. The molecule has 0 spiro atoms. The van der Waals surface area contributed by atoms with E-state index >= 15 is 0 Å². The number of anilines is 1. The maximum atomic E-state index is 12.4. The molecule has 8 nitrogen and oxygen atoms in total. The Hall–Kier alpha value is -2.68. The number of hydrogen-bond donors (Lipinski definition) is 2. The Morgan fingerprint density at radius 1 is 1.15 bits per heavy atom. The number of para-hydroxylation sites is 1. The molecule has 9 heteroatoms. The standard InChI is InChI=1S/C18H19BrN4O4/c19-14-10-23(18(27)21-17(14)26)11-15(24)22-8-6-12(7-9-22)16(25)20-13-4-2-1-3-5-13/h1-5,10,12H,6-9,11H2,(H,20,25)(H,21,26,27). The third-order valence-electron chi connectivity index (χ3n) is 4.53. The fourth-order valence-corrected chi connectivity index (χ4v) is 3.35. The van der Waals surface area contributed by atoms with Crippen molar-refractivity contribution < 1.29 is 9.59 Å². The molecule has 2 N–H and O–H groups in total. The summed E-state index contributed by atoms with van der Waals surface area (Å²) in [5, 5.41) is 2.89. The van der Waals surface area contributed by atoms with E-state index in [2.05, 4.69) is 26.2 Å². The number of aromatic amines is 1. The van der Waals surface area contributed by atoms with E-state index < -0.39 is 11.2 Å². The molecular weight excluding hydrogens is 416 g/mol. The second kappa shape index (κ2) is 8.34. The Labute approximate surface area is 163 Å². The smallest absolute Gasteiger partial charge is 0.328 e. The zero-order chi connectivity index (χ0) is 19.4. The first-order chi connectivity index (χ1) is 12.9. The molecule has 1 aliphatic heterocycles. The summed E-state index contributed by atoms with van der Waals surface area (Å²) in [6.45, 7) is 0.741. The van der Waals surface area contributed by atoms with Crippen LogP contribution in [0.2, 0.25) is 0 Å². The number of carbonyl (C=O) groups is 2. The Morgan fingerprint density at radius 2 is 1.81 bits per heavy atom. The highest BCUT2D eigenvalue weighted by molar-refractivity contribution is 9.10. The Bertz CT molecular complexity index is 946. The molecule has 27 heavy (non-hydrogen) atoms. The van der Waals surface area contributed by atoms with Gasteiger partial charge in [0.2, 0.25) is 11.8 Å². The van der Waals surface area contributed by atoms with Crippen molar-refractivity contribution in [2.24, 2.45) is 5.92 Å². The van der Waals surface area contributed by atoms with Crippen molar-refractivity contribution >= 4 is 33.4 Å². The predicted molar refractivity (Wildman–Crippen MR) is 103 cm³/mol. The summed E-state index contributed by atoms with van der Waals surface area (Å²) in [5.74, 6) is -0.425. The number of nitrogens with one attached hydrogen (secondary N) is 2. The fraction of sp³-hybridized carbons (Fsp3) is 0.333. The molecule has 2 heterocycles. The summed E-state index contributed by atoms with van der Waals surface area (Å²) in [6.07, 6.45) is 2.43. The van der Waals surface area contributed by atoms with Crippen LogP contribution in [-0.4, -0.2) is 39.4 Å². The van der Waals surface area contributed by atoms with Crippen LogP contribution in [0.25, 0.3) is 0 Å². The molecule has 0 saturated carbocycles. The lowest BCUT2D eigenvalue weighted by atomic mass is 9.95. The minimum Gasteiger partial charge on any atom is -0.341 e. The molecule has 0 unspecified atom stereocenters. The van der Waals surface area contributed by atoms with Gasteiger partial charge in [0.1, 0.15) is 6.54 Å². The number of H-pyrrole nitrogens is 1. The number of piperidine rings is 1. The first kappa shape index (κ1) is 19.1. The van der Waals surface area contributed by atoms with E-state index in [4.69, 9.17) is 0 Å². The average Bonchev–Trinajstić information content (AvgIpc) is 2.67. The van der Waals surface area contributed by atoms with Crippen molar-refractivity contribution in [1.29, 1.82) is 0 Å². The number of aromatic nitrogens is 2. The first-order valence-electron chi connectivity index (χ1n) is 8.57. The molecule has 0 bridgehead atoms. The molecule has 2 aromatic rings. The minimum atomic E-state index is -0.631. The minimum absolute atomic E-state index is 0.0471. The summed E-state index contributed by atoms with van der Waals surface area (Å²) < 4.78 is 1.34.